The van der Waals surface area contributed by atoms with E-state index < -0.39 is 6.10 Å². The van der Waals surface area contributed by atoms with E-state index in [1.807, 2.05) is 25.7 Å². The lowest BCUT2D eigenvalue weighted by Crippen LogP contribution is -2.27. The number of hydrogen-bond donors (Lipinski definition) is 4. The first-order chi connectivity index (χ1) is 9.14. The molecule has 8 nitrogen and oxygen atoms in total. The summed E-state index contributed by atoms with van der Waals surface area (Å²) < 4.78 is 0. The van der Waals surface area contributed by atoms with Crippen LogP contribution in [-0.4, -0.2) is 45.8 Å². The van der Waals surface area contributed by atoms with Crippen molar-refractivity contribution in [2.75, 3.05) is 35.3 Å². The van der Waals surface area contributed by atoms with Gasteiger partial charge < -0.3 is 15.3 Å². The number of nitrogen functional groups attached to an aromatic ring is 1. The Labute approximate surface area is 113 Å². The Balaban J connectivity index is 2.88. The number of aromatic nitrogens is 3. The summed E-state index contributed by atoms with van der Waals surface area (Å²) in [5.74, 6) is 6.61. The monoisotopic (exact) mass is 269 g/mol. The van der Waals surface area contributed by atoms with Crippen molar-refractivity contribution in [2.45, 2.75) is 33.3 Å². The number of rotatable bonds is 8. The molecule has 19 heavy (non-hydrogen) atoms. The van der Waals surface area contributed by atoms with Crippen LogP contribution in [0.4, 0.5) is 17.8 Å². The maximum atomic E-state index is 9.53. The lowest BCUT2D eigenvalue weighted by molar-refractivity contribution is 0.183. The van der Waals surface area contributed by atoms with Crippen molar-refractivity contribution in [1.82, 2.24) is 15.0 Å². The predicted octanol–water partition coefficient (Wildman–Crippen LogP) is 0.186. The standard InChI is InChI=1S/C11H23N7O/c1-4-8(19)7-13-9-14-10(17-12)16-11(15-9)18(5-2)6-3/h8,19H,4-7,12H2,1-3H3,(H2,13,14,15,16,17). The van der Waals surface area contributed by atoms with Gasteiger partial charge in [0.15, 0.2) is 0 Å². The van der Waals surface area contributed by atoms with Crippen molar-refractivity contribution in [2.24, 2.45) is 5.84 Å². The molecule has 1 rings (SSSR count). The normalized spacial score (nSPS) is 12.1. The number of nitrogens with two attached hydrogens (primary N) is 1. The van der Waals surface area contributed by atoms with Crippen molar-refractivity contribution >= 4 is 17.8 Å². The fraction of sp³-hybridized carbons (Fsp3) is 0.727. The molecule has 1 aromatic rings. The van der Waals surface area contributed by atoms with Crippen molar-refractivity contribution < 1.29 is 5.11 Å². The lowest BCUT2D eigenvalue weighted by Gasteiger charge is -2.19. The van der Waals surface area contributed by atoms with E-state index in [0.717, 1.165) is 13.1 Å². The van der Waals surface area contributed by atoms with Gasteiger partial charge in [0.25, 0.3) is 0 Å². The zero-order valence-electron chi connectivity index (χ0n) is 11.7. The molecule has 108 valence electrons. The molecule has 0 bridgehead atoms. The Morgan fingerprint density at radius 3 is 2.32 bits per heavy atom. The number of hydrazine groups is 1. The van der Waals surface area contributed by atoms with Crippen LogP contribution >= 0.6 is 0 Å². The van der Waals surface area contributed by atoms with Crippen LogP contribution in [0.5, 0.6) is 0 Å². The maximum absolute atomic E-state index is 9.53. The molecule has 1 heterocycles. The molecular formula is C11H23N7O. The van der Waals surface area contributed by atoms with Crippen LogP contribution in [0.1, 0.15) is 27.2 Å². The van der Waals surface area contributed by atoms with Crippen LogP contribution < -0.4 is 21.5 Å². The highest BCUT2D eigenvalue weighted by molar-refractivity contribution is 5.43. The molecule has 0 aromatic carbocycles. The molecule has 0 radical (unpaired) electrons. The van der Waals surface area contributed by atoms with Crippen molar-refractivity contribution in [3.05, 3.63) is 0 Å². The van der Waals surface area contributed by atoms with Crippen molar-refractivity contribution in [3.8, 4) is 0 Å². The molecule has 0 saturated heterocycles. The van der Waals surface area contributed by atoms with Crippen LogP contribution in [0.2, 0.25) is 0 Å². The molecule has 0 aliphatic rings. The SMILES string of the molecule is CCC(O)CNc1nc(NN)nc(N(CC)CC)n1. The molecule has 0 saturated carbocycles. The van der Waals surface area contributed by atoms with E-state index in [-0.39, 0.29) is 0 Å². The molecule has 5 N–H and O–H groups in total. The first kappa shape index (κ1) is 15.4. The molecule has 0 aliphatic heterocycles. The van der Waals surface area contributed by atoms with Crippen LogP contribution in [-0.2, 0) is 0 Å². The Morgan fingerprint density at radius 1 is 1.16 bits per heavy atom. The summed E-state index contributed by atoms with van der Waals surface area (Å²) in [4.78, 5) is 14.6. The number of hydrogen-bond acceptors (Lipinski definition) is 8. The second-order valence-electron chi connectivity index (χ2n) is 4.04. The third-order valence-electron chi connectivity index (χ3n) is 2.77. The zero-order chi connectivity index (χ0) is 14.3. The minimum absolute atomic E-state index is 0.297. The zero-order valence-corrected chi connectivity index (χ0v) is 11.7. The number of nitrogens with one attached hydrogen (secondary N) is 2. The van der Waals surface area contributed by atoms with Gasteiger partial charge in [0, 0.05) is 19.6 Å². The summed E-state index contributed by atoms with van der Waals surface area (Å²) in [5, 5.41) is 12.5. The first-order valence-corrected chi connectivity index (χ1v) is 6.54. The molecule has 1 atom stereocenters. The molecule has 0 amide bonds. The van der Waals surface area contributed by atoms with E-state index in [4.69, 9.17) is 5.84 Å². The predicted molar refractivity (Wildman–Crippen MR) is 76.0 cm³/mol. The average Bonchev–Trinajstić information content (AvgIpc) is 2.45. The highest BCUT2D eigenvalue weighted by atomic mass is 16.3. The Morgan fingerprint density at radius 2 is 1.79 bits per heavy atom. The summed E-state index contributed by atoms with van der Waals surface area (Å²) in [5.41, 5.74) is 2.42. The van der Waals surface area contributed by atoms with E-state index in [0.29, 0.717) is 30.8 Å². The van der Waals surface area contributed by atoms with Gasteiger partial charge in [0.1, 0.15) is 0 Å². The number of nitrogens with zero attached hydrogens (tertiary/aromatic N) is 4. The Kier molecular flexibility index (Phi) is 6.23. The quantitative estimate of drug-likeness (QED) is 0.391. The van der Waals surface area contributed by atoms with Gasteiger partial charge in [0.2, 0.25) is 17.8 Å². The molecule has 8 heteroatoms. The fourth-order valence-corrected chi connectivity index (χ4v) is 1.51. The van der Waals surface area contributed by atoms with Crippen LogP contribution in [0.25, 0.3) is 0 Å². The first-order valence-electron chi connectivity index (χ1n) is 6.54. The number of aliphatic hydroxyl groups excluding tert-OH is 1. The second kappa shape index (κ2) is 7.70. The average molecular weight is 269 g/mol. The van der Waals surface area contributed by atoms with E-state index >= 15 is 0 Å². The van der Waals surface area contributed by atoms with E-state index in [1.54, 1.807) is 0 Å². The summed E-state index contributed by atoms with van der Waals surface area (Å²) in [6.45, 7) is 7.94. The largest absolute Gasteiger partial charge is 0.391 e. The Bertz CT molecular complexity index is 383. The minimum atomic E-state index is -0.428. The Hall–Kier alpha value is -1.67. The van der Waals surface area contributed by atoms with E-state index in [2.05, 4.69) is 25.7 Å². The highest BCUT2D eigenvalue weighted by Crippen LogP contribution is 2.12. The van der Waals surface area contributed by atoms with Gasteiger partial charge in [-0.25, -0.2) is 5.84 Å². The lowest BCUT2D eigenvalue weighted by atomic mass is 10.3. The summed E-state index contributed by atoms with van der Waals surface area (Å²) >= 11 is 0. The van der Waals surface area contributed by atoms with Gasteiger partial charge in [-0.3, -0.25) is 5.43 Å². The van der Waals surface area contributed by atoms with E-state index in [9.17, 15) is 5.11 Å². The van der Waals surface area contributed by atoms with E-state index in [1.165, 1.54) is 0 Å². The van der Waals surface area contributed by atoms with Crippen LogP contribution in [0.3, 0.4) is 0 Å². The van der Waals surface area contributed by atoms with Gasteiger partial charge >= 0.3 is 0 Å². The van der Waals surface area contributed by atoms with Gasteiger partial charge in [-0.15, -0.1) is 0 Å². The van der Waals surface area contributed by atoms with Crippen molar-refractivity contribution in [3.63, 3.8) is 0 Å². The van der Waals surface area contributed by atoms with Gasteiger partial charge in [0.05, 0.1) is 6.10 Å². The molecule has 0 aliphatic carbocycles. The number of aliphatic hydroxyl groups is 1. The van der Waals surface area contributed by atoms with Crippen LogP contribution in [0.15, 0.2) is 0 Å². The summed E-state index contributed by atoms with van der Waals surface area (Å²) in [6.07, 6.45) is 0.242. The summed E-state index contributed by atoms with van der Waals surface area (Å²) in [6, 6.07) is 0. The van der Waals surface area contributed by atoms with Crippen molar-refractivity contribution in [1.29, 1.82) is 0 Å². The molecular weight excluding hydrogens is 246 g/mol. The minimum Gasteiger partial charge on any atom is -0.391 e. The number of anilines is 3. The highest BCUT2D eigenvalue weighted by Gasteiger charge is 2.11. The van der Waals surface area contributed by atoms with Gasteiger partial charge in [-0.05, 0) is 20.3 Å². The molecule has 1 unspecified atom stereocenters. The summed E-state index contributed by atoms with van der Waals surface area (Å²) in [7, 11) is 0. The second-order valence-corrected chi connectivity index (χ2v) is 4.04. The maximum Gasteiger partial charge on any atom is 0.243 e. The molecule has 0 fully saturated rings. The third-order valence-corrected chi connectivity index (χ3v) is 2.77. The fourth-order valence-electron chi connectivity index (χ4n) is 1.51. The molecule has 0 spiro atoms. The smallest absolute Gasteiger partial charge is 0.243 e. The van der Waals surface area contributed by atoms with Gasteiger partial charge in [-0.2, -0.15) is 15.0 Å². The topological polar surface area (TPSA) is 112 Å². The third kappa shape index (κ3) is 4.49. The van der Waals surface area contributed by atoms with Crippen LogP contribution in [0, 0.1) is 0 Å². The molecule has 1 aromatic heterocycles. The van der Waals surface area contributed by atoms with Gasteiger partial charge in [-0.1, -0.05) is 6.92 Å².